The van der Waals surface area contributed by atoms with E-state index in [1.165, 1.54) is 7.11 Å². The summed E-state index contributed by atoms with van der Waals surface area (Å²) in [6, 6.07) is 7.12. The number of aliphatic hydroxyl groups is 1. The zero-order chi connectivity index (χ0) is 28.6. The highest BCUT2D eigenvalue weighted by Crippen LogP contribution is 2.39. The predicted octanol–water partition coefficient (Wildman–Crippen LogP) is 2.13. The van der Waals surface area contributed by atoms with E-state index in [1.807, 2.05) is 25.1 Å². The predicted molar refractivity (Wildman–Crippen MR) is 145 cm³/mol. The van der Waals surface area contributed by atoms with Crippen molar-refractivity contribution in [2.24, 2.45) is 5.92 Å². The molecule has 1 saturated heterocycles. The molecule has 3 atom stereocenters. The number of allylic oxidation sites excluding steroid dienone is 1. The van der Waals surface area contributed by atoms with Crippen LogP contribution in [0.4, 0.5) is 0 Å². The van der Waals surface area contributed by atoms with E-state index in [0.29, 0.717) is 91.0 Å². The molecule has 224 valence electrons. The van der Waals surface area contributed by atoms with Crippen LogP contribution in [0.5, 0.6) is 0 Å². The molecule has 11 heteroatoms. The zero-order valence-electron chi connectivity index (χ0n) is 23.6. The van der Waals surface area contributed by atoms with Crippen molar-refractivity contribution in [3.8, 4) is 0 Å². The van der Waals surface area contributed by atoms with Gasteiger partial charge in [-0.3, -0.25) is 4.79 Å². The highest BCUT2D eigenvalue weighted by molar-refractivity contribution is 5.92. The number of benzene rings is 1. The van der Waals surface area contributed by atoms with E-state index >= 15 is 0 Å². The van der Waals surface area contributed by atoms with E-state index in [9.17, 15) is 14.7 Å². The molecule has 1 aromatic rings. The lowest BCUT2D eigenvalue weighted by Crippen LogP contribution is -2.42. The first-order valence-electron chi connectivity index (χ1n) is 14.0. The summed E-state index contributed by atoms with van der Waals surface area (Å²) in [6.45, 7) is 6.39. The summed E-state index contributed by atoms with van der Waals surface area (Å²) in [7, 11) is 1.34. The maximum Gasteiger partial charge on any atom is 0.337 e. The minimum atomic E-state index is -0.684. The van der Waals surface area contributed by atoms with E-state index < -0.39 is 12.3 Å². The van der Waals surface area contributed by atoms with E-state index in [4.69, 9.17) is 33.2 Å². The summed E-state index contributed by atoms with van der Waals surface area (Å²) in [5, 5.41) is 9.54. The third kappa shape index (κ3) is 9.83. The Morgan fingerprint density at radius 2 is 1.50 bits per heavy atom. The van der Waals surface area contributed by atoms with Crippen molar-refractivity contribution < 1.29 is 47.9 Å². The average molecular weight is 566 g/mol. The van der Waals surface area contributed by atoms with Crippen molar-refractivity contribution in [1.82, 2.24) is 4.90 Å². The van der Waals surface area contributed by atoms with Crippen LogP contribution >= 0.6 is 0 Å². The molecule has 0 aliphatic carbocycles. The van der Waals surface area contributed by atoms with Crippen molar-refractivity contribution in [1.29, 1.82) is 0 Å². The molecule has 2 aliphatic heterocycles. The average Bonchev–Trinajstić information content (AvgIpc) is 2.99. The van der Waals surface area contributed by atoms with Crippen molar-refractivity contribution in [2.45, 2.75) is 32.0 Å². The molecule has 3 rings (SSSR count). The number of carbonyl (C=O) groups excluding carboxylic acids is 2. The van der Waals surface area contributed by atoms with Gasteiger partial charge in [0.2, 0.25) is 6.29 Å². The number of aliphatic hydroxyl groups excluding tert-OH is 1. The number of hydrogen-bond acceptors (Lipinski definition) is 10. The normalized spacial score (nSPS) is 23.7. The Balaban J connectivity index is 1.85. The van der Waals surface area contributed by atoms with Crippen molar-refractivity contribution in [3.63, 3.8) is 0 Å². The minimum absolute atomic E-state index is 0.0305. The number of hydrogen-bond donors (Lipinski definition) is 1. The molecule has 0 spiro atoms. The number of rotatable bonds is 8. The quantitative estimate of drug-likeness (QED) is 0.469. The minimum Gasteiger partial charge on any atom is -0.465 e. The molecular formula is C29H43NO10. The van der Waals surface area contributed by atoms with E-state index in [1.54, 1.807) is 17.0 Å². The second-order valence-electron chi connectivity index (χ2n) is 9.38. The molecule has 0 saturated carbocycles. The summed E-state index contributed by atoms with van der Waals surface area (Å²) in [4.78, 5) is 27.4. The van der Waals surface area contributed by atoms with Gasteiger partial charge in [-0.05, 0) is 43.5 Å². The molecule has 40 heavy (non-hydrogen) atoms. The highest BCUT2D eigenvalue weighted by Gasteiger charge is 2.38. The van der Waals surface area contributed by atoms with Gasteiger partial charge in [-0.2, -0.15) is 0 Å². The molecule has 1 amide bonds. The van der Waals surface area contributed by atoms with Gasteiger partial charge in [0.15, 0.2) is 5.76 Å². The molecule has 11 nitrogen and oxygen atoms in total. The van der Waals surface area contributed by atoms with Crippen LogP contribution in [-0.4, -0.2) is 114 Å². The highest BCUT2D eigenvalue weighted by atomic mass is 16.7. The first kappa shape index (κ1) is 32.0. The smallest absolute Gasteiger partial charge is 0.337 e. The number of ether oxygens (including phenoxy) is 7. The van der Waals surface area contributed by atoms with E-state index in [-0.39, 0.29) is 30.1 Å². The fourth-order valence-corrected chi connectivity index (χ4v) is 4.68. The maximum atomic E-state index is 13.8. The summed E-state index contributed by atoms with van der Waals surface area (Å²) < 4.78 is 39.3. The molecule has 0 radical (unpaired) electrons. The molecule has 2 heterocycles. The maximum absolute atomic E-state index is 13.8. The topological polar surface area (TPSA) is 122 Å². The number of carbonyl (C=O) groups is 2. The largest absolute Gasteiger partial charge is 0.465 e. The van der Waals surface area contributed by atoms with Gasteiger partial charge in [0, 0.05) is 38.1 Å². The Morgan fingerprint density at radius 3 is 2.02 bits per heavy atom. The van der Waals surface area contributed by atoms with Gasteiger partial charge >= 0.3 is 5.97 Å². The van der Waals surface area contributed by atoms with Gasteiger partial charge < -0.3 is 43.2 Å². The van der Waals surface area contributed by atoms with Crippen LogP contribution in [0, 0.1) is 5.92 Å². The van der Waals surface area contributed by atoms with Crippen LogP contribution in [0.25, 0.3) is 0 Å². The lowest BCUT2D eigenvalue weighted by atomic mass is 9.80. The number of amides is 1. The van der Waals surface area contributed by atoms with Gasteiger partial charge in [-0.1, -0.05) is 12.1 Å². The van der Waals surface area contributed by atoms with Gasteiger partial charge in [-0.25, -0.2) is 4.79 Å². The molecule has 0 bridgehead atoms. The molecular weight excluding hydrogens is 522 g/mol. The number of methoxy groups -OCH3 is 1. The van der Waals surface area contributed by atoms with Crippen LogP contribution < -0.4 is 0 Å². The first-order valence-corrected chi connectivity index (χ1v) is 14.0. The SMILES string of the molecule is CCO[C@H]1OC(C(=O)N2CCOCCOCCOCCOCC2)=C[C@@H](c2ccc(C(=O)OC)cc2)[C@H]1CCCO. The lowest BCUT2D eigenvalue weighted by molar-refractivity contribution is -0.170. The van der Waals surface area contributed by atoms with Gasteiger partial charge in [0.05, 0.1) is 65.5 Å². The summed E-state index contributed by atoms with van der Waals surface area (Å²) in [5.41, 5.74) is 1.34. The molecule has 0 unspecified atom stereocenters. The van der Waals surface area contributed by atoms with Crippen LogP contribution in [-0.2, 0) is 38.0 Å². The van der Waals surface area contributed by atoms with Crippen molar-refractivity contribution in [3.05, 3.63) is 47.2 Å². The Kier molecular flexibility index (Phi) is 14.4. The summed E-state index contributed by atoms with van der Waals surface area (Å²) in [5.74, 6) is -0.917. The van der Waals surface area contributed by atoms with Crippen LogP contribution in [0.1, 0.15) is 41.6 Å². The van der Waals surface area contributed by atoms with Crippen LogP contribution in [0.2, 0.25) is 0 Å². The molecule has 2 aliphatic rings. The third-order valence-electron chi connectivity index (χ3n) is 6.75. The second kappa shape index (κ2) is 18.0. The van der Waals surface area contributed by atoms with Crippen molar-refractivity contribution >= 4 is 11.9 Å². The Hall–Kier alpha value is -2.54. The lowest BCUT2D eigenvalue weighted by Gasteiger charge is -2.38. The second-order valence-corrected chi connectivity index (χ2v) is 9.38. The Labute approximate surface area is 236 Å². The summed E-state index contributed by atoms with van der Waals surface area (Å²) >= 11 is 0. The third-order valence-corrected chi connectivity index (χ3v) is 6.75. The first-order chi connectivity index (χ1) is 19.6. The van der Waals surface area contributed by atoms with Crippen LogP contribution in [0.15, 0.2) is 36.1 Å². The standard InChI is InChI=1S/C29H43NO10/c1-3-39-29-24(5-4-12-31)25(22-6-8-23(9-7-22)28(33)34-2)21-26(40-29)27(32)30-10-13-35-15-17-37-19-20-38-18-16-36-14-11-30/h6-9,21,24-25,29,31H,3-5,10-20H2,1-2H3/t24-,25+,29+/m1/s1. The number of esters is 1. The fraction of sp³-hybridized carbons (Fsp3) is 0.655. The summed E-state index contributed by atoms with van der Waals surface area (Å²) in [6.07, 6.45) is 2.32. The van der Waals surface area contributed by atoms with Gasteiger partial charge in [0.25, 0.3) is 5.91 Å². The molecule has 1 fully saturated rings. The Morgan fingerprint density at radius 1 is 0.925 bits per heavy atom. The number of nitrogens with zero attached hydrogens (tertiary/aromatic N) is 1. The van der Waals surface area contributed by atoms with E-state index in [0.717, 1.165) is 5.56 Å². The molecule has 0 aromatic heterocycles. The monoisotopic (exact) mass is 565 g/mol. The zero-order valence-corrected chi connectivity index (χ0v) is 23.6. The molecule has 1 aromatic carbocycles. The van der Waals surface area contributed by atoms with Gasteiger partial charge in [0.1, 0.15) is 0 Å². The Bertz CT molecular complexity index is 906. The molecule has 1 N–H and O–H groups in total. The fourth-order valence-electron chi connectivity index (χ4n) is 4.68. The van der Waals surface area contributed by atoms with Gasteiger partial charge in [-0.15, -0.1) is 0 Å². The van der Waals surface area contributed by atoms with Crippen molar-refractivity contribution in [2.75, 3.05) is 86.3 Å². The van der Waals surface area contributed by atoms with E-state index in [2.05, 4.69) is 0 Å². The van der Waals surface area contributed by atoms with Crippen LogP contribution in [0.3, 0.4) is 0 Å².